The highest BCUT2D eigenvalue weighted by Gasteiger charge is 2.23. The average Bonchev–Trinajstić information content (AvgIpc) is 3.36. The number of hydrogen-bond acceptors (Lipinski definition) is 5. The highest BCUT2D eigenvalue weighted by atomic mass is 19.1. The van der Waals surface area contributed by atoms with E-state index in [1.807, 2.05) is 24.3 Å². The zero-order valence-corrected chi connectivity index (χ0v) is 19.0. The molecule has 1 unspecified atom stereocenters. The lowest BCUT2D eigenvalue weighted by Crippen LogP contribution is -2.32. The van der Waals surface area contributed by atoms with Crippen LogP contribution >= 0.6 is 0 Å². The van der Waals surface area contributed by atoms with Crippen molar-refractivity contribution in [2.24, 2.45) is 0 Å². The standard InChI is InChI=1S/C27H21F2N5O2/c28-22-6-3-7-23(29)26(22)25(16-35)31-27(36)21-5-2-1-4-20(21)14-34-15-24(32-33-34)18-8-9-19-13-30-11-10-17(19)12-18/h1-13,15,25,35H,14,16H2,(H,31,36). The van der Waals surface area contributed by atoms with Crippen molar-refractivity contribution in [3.63, 3.8) is 0 Å². The van der Waals surface area contributed by atoms with E-state index in [-0.39, 0.29) is 6.54 Å². The van der Waals surface area contributed by atoms with Crippen molar-refractivity contribution in [1.82, 2.24) is 25.3 Å². The van der Waals surface area contributed by atoms with Crippen LogP contribution in [0.2, 0.25) is 0 Å². The Morgan fingerprint density at radius 3 is 2.61 bits per heavy atom. The van der Waals surface area contributed by atoms with E-state index in [2.05, 4.69) is 20.6 Å². The maximum absolute atomic E-state index is 14.2. The van der Waals surface area contributed by atoms with Crippen molar-refractivity contribution < 1.29 is 18.7 Å². The fourth-order valence-corrected chi connectivity index (χ4v) is 4.09. The van der Waals surface area contributed by atoms with Crippen LogP contribution in [0.3, 0.4) is 0 Å². The molecule has 3 aromatic carbocycles. The van der Waals surface area contributed by atoms with E-state index in [0.717, 1.165) is 28.5 Å². The van der Waals surface area contributed by atoms with Crippen molar-refractivity contribution in [2.75, 3.05) is 6.61 Å². The second-order valence-corrected chi connectivity index (χ2v) is 8.24. The summed E-state index contributed by atoms with van der Waals surface area (Å²) in [6.07, 6.45) is 5.30. The Bertz CT molecular complexity index is 1530. The smallest absolute Gasteiger partial charge is 0.252 e. The Hall–Kier alpha value is -4.50. The highest BCUT2D eigenvalue weighted by Crippen LogP contribution is 2.24. The van der Waals surface area contributed by atoms with Crippen molar-refractivity contribution >= 4 is 16.7 Å². The summed E-state index contributed by atoms with van der Waals surface area (Å²) < 4.78 is 30.0. The van der Waals surface area contributed by atoms with Gasteiger partial charge in [-0.05, 0) is 41.3 Å². The Balaban J connectivity index is 1.37. The molecule has 2 aromatic heterocycles. The molecule has 180 valence electrons. The van der Waals surface area contributed by atoms with Crippen LogP contribution in [0.1, 0.15) is 27.5 Å². The predicted molar refractivity (Wildman–Crippen MR) is 130 cm³/mol. The minimum absolute atomic E-state index is 0.242. The van der Waals surface area contributed by atoms with Gasteiger partial charge in [0.1, 0.15) is 17.3 Å². The summed E-state index contributed by atoms with van der Waals surface area (Å²) in [5.41, 5.74) is 2.09. The molecule has 0 saturated heterocycles. The van der Waals surface area contributed by atoms with Crippen molar-refractivity contribution in [2.45, 2.75) is 12.6 Å². The highest BCUT2D eigenvalue weighted by molar-refractivity contribution is 5.96. The van der Waals surface area contributed by atoms with Gasteiger partial charge in [0.05, 0.1) is 25.4 Å². The molecule has 5 rings (SSSR count). The lowest BCUT2D eigenvalue weighted by molar-refractivity contribution is 0.0912. The first-order valence-electron chi connectivity index (χ1n) is 11.2. The zero-order valence-electron chi connectivity index (χ0n) is 19.0. The van der Waals surface area contributed by atoms with Gasteiger partial charge in [0.25, 0.3) is 5.91 Å². The summed E-state index contributed by atoms with van der Waals surface area (Å²) >= 11 is 0. The summed E-state index contributed by atoms with van der Waals surface area (Å²) in [6, 6.07) is 16.8. The fraction of sp³-hybridized carbons (Fsp3) is 0.111. The minimum atomic E-state index is -1.24. The van der Waals surface area contributed by atoms with Crippen LogP contribution in [-0.4, -0.2) is 37.6 Å². The summed E-state index contributed by atoms with van der Waals surface area (Å²) in [5.74, 6) is -2.26. The molecule has 0 bridgehead atoms. The molecular weight excluding hydrogens is 464 g/mol. The molecule has 0 radical (unpaired) electrons. The summed E-state index contributed by atoms with van der Waals surface area (Å²) in [7, 11) is 0. The summed E-state index contributed by atoms with van der Waals surface area (Å²) in [5, 5.41) is 22.8. The number of nitrogens with zero attached hydrogens (tertiary/aromatic N) is 4. The molecule has 0 spiro atoms. The Morgan fingerprint density at radius 2 is 1.81 bits per heavy atom. The third-order valence-corrected chi connectivity index (χ3v) is 5.91. The van der Waals surface area contributed by atoms with Gasteiger partial charge < -0.3 is 10.4 Å². The van der Waals surface area contributed by atoms with Gasteiger partial charge in [0, 0.05) is 34.5 Å². The molecular formula is C27H21F2N5O2. The number of nitrogens with one attached hydrogen (secondary N) is 1. The third-order valence-electron chi connectivity index (χ3n) is 5.91. The summed E-state index contributed by atoms with van der Waals surface area (Å²) in [6.45, 7) is -0.425. The molecule has 0 aliphatic heterocycles. The van der Waals surface area contributed by atoms with Gasteiger partial charge in [0.15, 0.2) is 0 Å². The molecule has 7 nitrogen and oxygen atoms in total. The molecule has 0 saturated carbocycles. The Kier molecular flexibility index (Phi) is 6.46. The number of pyridine rings is 1. The quantitative estimate of drug-likeness (QED) is 0.359. The second-order valence-electron chi connectivity index (χ2n) is 8.24. The first-order chi connectivity index (χ1) is 17.5. The summed E-state index contributed by atoms with van der Waals surface area (Å²) in [4.78, 5) is 17.2. The Morgan fingerprint density at radius 1 is 1.00 bits per heavy atom. The van der Waals surface area contributed by atoms with Crippen LogP contribution in [-0.2, 0) is 6.54 Å². The maximum atomic E-state index is 14.2. The maximum Gasteiger partial charge on any atom is 0.252 e. The molecule has 1 amide bonds. The van der Waals surface area contributed by atoms with E-state index in [4.69, 9.17) is 0 Å². The molecule has 9 heteroatoms. The van der Waals surface area contributed by atoms with E-state index in [1.165, 1.54) is 6.07 Å². The zero-order chi connectivity index (χ0) is 25.1. The lowest BCUT2D eigenvalue weighted by atomic mass is 10.0. The molecule has 2 heterocycles. The predicted octanol–water partition coefficient (Wildman–Crippen LogP) is 4.28. The number of hydrogen-bond donors (Lipinski definition) is 2. The minimum Gasteiger partial charge on any atom is -0.394 e. The number of benzene rings is 3. The molecule has 0 aliphatic rings. The van der Waals surface area contributed by atoms with Gasteiger partial charge in [-0.25, -0.2) is 13.5 Å². The number of aromatic nitrogens is 4. The number of carbonyl (C=O) groups excluding carboxylic acids is 1. The molecule has 5 aromatic rings. The first-order valence-corrected chi connectivity index (χ1v) is 11.2. The molecule has 1 atom stereocenters. The molecule has 0 aliphatic carbocycles. The van der Waals surface area contributed by atoms with Gasteiger partial charge in [-0.15, -0.1) is 5.10 Å². The van der Waals surface area contributed by atoms with Crippen LogP contribution in [0.4, 0.5) is 8.78 Å². The van der Waals surface area contributed by atoms with Gasteiger partial charge in [0.2, 0.25) is 0 Å². The van der Waals surface area contributed by atoms with Gasteiger partial charge in [-0.1, -0.05) is 41.6 Å². The lowest BCUT2D eigenvalue weighted by Gasteiger charge is -2.19. The first kappa shape index (κ1) is 23.3. The number of aliphatic hydroxyl groups excluding tert-OH is 1. The molecule has 2 N–H and O–H groups in total. The normalized spacial score (nSPS) is 12.0. The number of amides is 1. The number of carbonyl (C=O) groups is 1. The second kappa shape index (κ2) is 10.0. The monoisotopic (exact) mass is 485 g/mol. The van der Waals surface area contributed by atoms with Gasteiger partial charge in [-0.3, -0.25) is 9.78 Å². The average molecular weight is 485 g/mol. The van der Waals surface area contributed by atoms with Crippen LogP contribution in [0.15, 0.2) is 85.3 Å². The molecule has 0 fully saturated rings. The fourth-order valence-electron chi connectivity index (χ4n) is 4.09. The SMILES string of the molecule is O=C(NC(CO)c1c(F)cccc1F)c1ccccc1Cn1cc(-c2ccc3cnccc3c2)nn1. The van der Waals surface area contributed by atoms with Crippen molar-refractivity contribution in [1.29, 1.82) is 0 Å². The van der Waals surface area contributed by atoms with Crippen molar-refractivity contribution in [3.05, 3.63) is 114 Å². The number of halogens is 2. The Labute approximate surface area is 205 Å². The third kappa shape index (κ3) is 4.69. The largest absolute Gasteiger partial charge is 0.394 e. The van der Waals surface area contributed by atoms with Crippen molar-refractivity contribution in [3.8, 4) is 11.3 Å². The van der Waals surface area contributed by atoms with E-state index in [0.29, 0.717) is 16.8 Å². The van der Waals surface area contributed by atoms with E-state index in [1.54, 1.807) is 47.5 Å². The van der Waals surface area contributed by atoms with Gasteiger partial charge >= 0.3 is 0 Å². The van der Waals surface area contributed by atoms with Crippen LogP contribution in [0.5, 0.6) is 0 Å². The van der Waals surface area contributed by atoms with Crippen LogP contribution < -0.4 is 5.32 Å². The molecule has 36 heavy (non-hydrogen) atoms. The van der Waals surface area contributed by atoms with E-state index >= 15 is 0 Å². The van der Waals surface area contributed by atoms with Gasteiger partial charge in [-0.2, -0.15) is 0 Å². The number of fused-ring (bicyclic) bond motifs is 1. The number of rotatable bonds is 7. The van der Waals surface area contributed by atoms with Crippen LogP contribution in [0.25, 0.3) is 22.0 Å². The van der Waals surface area contributed by atoms with E-state index in [9.17, 15) is 18.7 Å². The van der Waals surface area contributed by atoms with E-state index < -0.39 is 35.8 Å². The number of aliphatic hydroxyl groups is 1. The topological polar surface area (TPSA) is 92.9 Å². The van der Waals surface area contributed by atoms with Crippen LogP contribution in [0, 0.1) is 11.6 Å².